The Kier molecular flexibility index (Phi) is 22.3. The van der Waals surface area contributed by atoms with Gasteiger partial charge in [0, 0.05) is 27.3 Å². The number of hydrogen-bond donors (Lipinski definition) is 0. The summed E-state index contributed by atoms with van der Waals surface area (Å²) in [4.78, 5) is 12.1. The number of hydrogen-bond acceptors (Lipinski definition) is 2. The third-order valence-corrected chi connectivity index (χ3v) is 3.16. The molecule has 1 aliphatic heterocycles. The van der Waals surface area contributed by atoms with Crippen LogP contribution in [0.25, 0.3) is 22.3 Å². The van der Waals surface area contributed by atoms with Gasteiger partial charge in [-0.3, -0.25) is 11.8 Å². The zero-order chi connectivity index (χ0) is 19.1. The van der Waals surface area contributed by atoms with E-state index in [1.807, 2.05) is 30.3 Å². The van der Waals surface area contributed by atoms with Crippen LogP contribution in [0, 0.1) is 20.4 Å². The van der Waals surface area contributed by atoms with Crippen molar-refractivity contribution in [2.24, 2.45) is 0 Å². The predicted octanol–water partition coefficient (Wildman–Crippen LogP) is 6.28. The summed E-state index contributed by atoms with van der Waals surface area (Å²) >= 11 is 0. The zero-order valence-corrected chi connectivity index (χ0v) is 20.1. The van der Waals surface area contributed by atoms with Gasteiger partial charge in [-0.1, -0.05) is 50.5 Å². The van der Waals surface area contributed by atoms with E-state index in [1.165, 1.54) is 12.8 Å². The fourth-order valence-electron chi connectivity index (χ4n) is 1.74. The molecule has 1 aromatic heterocycles. The molecule has 0 saturated carbocycles. The molecular formula is C22H28N2OPtRu-3. The van der Waals surface area contributed by atoms with Crippen molar-refractivity contribution in [1.29, 1.82) is 0 Å². The summed E-state index contributed by atoms with van der Waals surface area (Å²) in [6.07, 6.45) is 10.1. The van der Waals surface area contributed by atoms with Crippen molar-refractivity contribution in [1.82, 2.24) is 4.98 Å². The molecule has 1 aromatic carbocycles. The molecule has 0 radical (unpaired) electrons. The van der Waals surface area contributed by atoms with E-state index in [0.29, 0.717) is 5.70 Å². The van der Waals surface area contributed by atoms with Gasteiger partial charge in [-0.05, 0) is 11.5 Å². The second-order valence-corrected chi connectivity index (χ2v) is 5.16. The number of fused-ring (bicyclic) bond motifs is 3. The minimum atomic E-state index is 0. The Morgan fingerprint density at radius 2 is 1.59 bits per heavy atom. The van der Waals surface area contributed by atoms with E-state index in [2.05, 4.69) is 44.8 Å². The van der Waals surface area contributed by atoms with Gasteiger partial charge in [0.05, 0.1) is 5.52 Å². The molecule has 2 aromatic rings. The van der Waals surface area contributed by atoms with Gasteiger partial charge in [-0.2, -0.15) is 12.8 Å². The minimum absolute atomic E-state index is 0. The van der Waals surface area contributed by atoms with Gasteiger partial charge in [0.2, 0.25) is 0 Å². The van der Waals surface area contributed by atoms with Gasteiger partial charge in [0.25, 0.3) is 0 Å². The molecule has 1 aliphatic rings. The average molecular weight is 633 g/mol. The van der Waals surface area contributed by atoms with Crippen molar-refractivity contribution in [2.45, 2.75) is 39.5 Å². The molecule has 0 saturated heterocycles. The van der Waals surface area contributed by atoms with Crippen molar-refractivity contribution in [3.63, 3.8) is 0 Å². The second-order valence-electron chi connectivity index (χ2n) is 5.16. The molecule has 0 amide bonds. The Labute approximate surface area is 192 Å². The fraction of sp³-hybridized carbons (Fsp3) is 0.273. The molecule has 153 valence electrons. The maximum absolute atomic E-state index is 7.75. The van der Waals surface area contributed by atoms with Crippen LogP contribution < -0.4 is 0 Å². The average Bonchev–Trinajstić information content (AvgIpc) is 2.69. The van der Waals surface area contributed by atoms with Crippen LogP contribution in [-0.4, -0.2) is 11.8 Å². The Balaban J connectivity index is -0.000000412. The first-order chi connectivity index (χ1) is 12.2. The monoisotopic (exact) mass is 633 g/mol. The summed E-state index contributed by atoms with van der Waals surface area (Å²) in [5.41, 5.74) is 3.37. The molecular weight excluding hydrogens is 604 g/mol. The molecule has 0 atom stereocenters. The number of allylic oxidation sites excluding steroid dienone is 1. The zero-order valence-electron chi connectivity index (χ0n) is 15.9. The van der Waals surface area contributed by atoms with Crippen LogP contribution in [0.1, 0.15) is 45.1 Å². The molecule has 3 nitrogen and oxygen atoms in total. The summed E-state index contributed by atoms with van der Waals surface area (Å²) in [5.74, 6) is 0. The summed E-state index contributed by atoms with van der Waals surface area (Å²) in [7, 11) is 0. The molecule has 5 heteroatoms. The van der Waals surface area contributed by atoms with E-state index < -0.39 is 0 Å². The third kappa shape index (κ3) is 11.4. The normalized spacial score (nSPS) is 10.0. The molecule has 0 unspecified atom stereocenters. The number of nitrogens with zero attached hydrogens (tertiary/aromatic N) is 2. The first kappa shape index (κ1) is 30.6. The third-order valence-electron chi connectivity index (χ3n) is 3.16. The number of benzene rings is 1. The fourth-order valence-corrected chi connectivity index (χ4v) is 1.74. The second kappa shape index (κ2) is 19.6. The van der Waals surface area contributed by atoms with Crippen molar-refractivity contribution in [3.05, 3.63) is 73.5 Å². The molecule has 0 aliphatic carbocycles. The van der Waals surface area contributed by atoms with Crippen LogP contribution in [0.15, 0.2) is 42.2 Å². The van der Waals surface area contributed by atoms with Crippen molar-refractivity contribution in [2.75, 3.05) is 0 Å². The Morgan fingerprint density at radius 1 is 1.04 bits per heavy atom. The van der Waals surface area contributed by atoms with E-state index in [0.717, 1.165) is 35.0 Å². The topological polar surface area (TPSA) is 44.1 Å². The van der Waals surface area contributed by atoms with Crippen LogP contribution in [0.4, 0.5) is 5.69 Å². The van der Waals surface area contributed by atoms with Gasteiger partial charge >= 0.3 is 19.5 Å². The van der Waals surface area contributed by atoms with Crippen LogP contribution in [0.3, 0.4) is 0 Å². The summed E-state index contributed by atoms with van der Waals surface area (Å²) in [6, 6.07) is 8.02. The van der Waals surface area contributed by atoms with Gasteiger partial charge < -0.3 is 36.2 Å². The van der Waals surface area contributed by atoms with Gasteiger partial charge in [-0.15, -0.1) is 11.8 Å². The van der Waals surface area contributed by atoms with Gasteiger partial charge in [0.15, 0.2) is 0 Å². The molecule has 0 spiro atoms. The van der Waals surface area contributed by atoms with Gasteiger partial charge in [0.1, 0.15) is 0 Å². The number of rotatable bonds is 2. The Morgan fingerprint density at radius 3 is 2.11 bits per heavy atom. The molecule has 0 N–H and O–H groups in total. The quantitative estimate of drug-likeness (QED) is 0.223. The summed E-state index contributed by atoms with van der Waals surface area (Å²) in [6.45, 7) is 20.4. The van der Waals surface area contributed by atoms with Crippen LogP contribution in [0.2, 0.25) is 0 Å². The molecule has 2 heterocycles. The summed E-state index contributed by atoms with van der Waals surface area (Å²) < 4.78 is 0. The van der Waals surface area contributed by atoms with E-state index in [-0.39, 0.29) is 40.5 Å². The van der Waals surface area contributed by atoms with Crippen LogP contribution >= 0.6 is 0 Å². The van der Waals surface area contributed by atoms with E-state index in [9.17, 15) is 0 Å². The number of aromatic nitrogens is 1. The van der Waals surface area contributed by atoms with Crippen molar-refractivity contribution in [3.8, 4) is 0 Å². The number of unbranched alkanes of at least 4 members (excludes halogenated alkanes) is 2. The Bertz CT molecular complexity index is 666. The molecule has 0 fully saturated rings. The number of carbonyl (C=O) groups excluding carboxylic acids is 1. The van der Waals surface area contributed by atoms with E-state index in [1.54, 1.807) is 12.3 Å². The van der Waals surface area contributed by atoms with Crippen molar-refractivity contribution < 1.29 is 45.3 Å². The van der Waals surface area contributed by atoms with E-state index in [4.69, 9.17) is 11.4 Å². The number of pyridine rings is 1. The predicted molar refractivity (Wildman–Crippen MR) is 110 cm³/mol. The SMILES string of the molecule is [CH-]=C1C=Cc2ccc3cccnc3c2[N-]1.[CH-]=O.[CH2-]CCC.[CH2-]CCC.[Pt].[RuH+2]. The molecule has 3 rings (SSSR count). The van der Waals surface area contributed by atoms with E-state index >= 15 is 0 Å². The summed E-state index contributed by atoms with van der Waals surface area (Å²) in [5, 5.41) is 5.41. The standard InChI is InChI=1S/C13H8N2.2C4H9.CHO.Pt.Ru.H/c1-9-4-5-11-7-6-10-3-2-8-14-12(10)13(11)15-9;2*1-3-4-2;1-2;;;/h1-8H;2*1,3-4H2,2H3;1H;;;/q-2;3*-1;;+2;. The van der Waals surface area contributed by atoms with Gasteiger partial charge in [-0.25, -0.2) is 6.08 Å². The Hall–Kier alpha value is -1.11. The molecule has 0 bridgehead atoms. The first-order valence-electron chi connectivity index (χ1n) is 8.39. The van der Waals surface area contributed by atoms with Crippen molar-refractivity contribution >= 4 is 29.5 Å². The van der Waals surface area contributed by atoms with Crippen LogP contribution in [0.5, 0.6) is 0 Å². The van der Waals surface area contributed by atoms with Crippen LogP contribution in [-0.2, 0) is 45.3 Å². The first-order valence-corrected chi connectivity index (χ1v) is 8.39. The molecule has 27 heavy (non-hydrogen) atoms. The maximum atomic E-state index is 7.75.